The quantitative estimate of drug-likeness (QED) is 0.643. The Kier molecular flexibility index (Phi) is 3.99. The van der Waals surface area contributed by atoms with Gasteiger partial charge >= 0.3 is 0 Å². The molecule has 1 heterocycles. The van der Waals surface area contributed by atoms with Crippen LogP contribution in [0.1, 0.15) is 38.5 Å². The van der Waals surface area contributed by atoms with Crippen LogP contribution in [0.15, 0.2) is 0 Å². The summed E-state index contributed by atoms with van der Waals surface area (Å²) in [5, 5.41) is 5.74. The van der Waals surface area contributed by atoms with Gasteiger partial charge in [0.15, 0.2) is 0 Å². The number of rotatable bonds is 3. The minimum Gasteiger partial charge on any atom is -0.351 e. The van der Waals surface area contributed by atoms with E-state index >= 15 is 0 Å². The first-order valence-electron chi connectivity index (χ1n) is 6.50. The summed E-state index contributed by atoms with van der Waals surface area (Å²) in [6.45, 7) is 0.627. The fourth-order valence-electron chi connectivity index (χ4n) is 2.77. The van der Waals surface area contributed by atoms with Crippen LogP contribution in [0, 0.1) is 5.92 Å². The summed E-state index contributed by atoms with van der Waals surface area (Å²) >= 11 is 0. The zero-order chi connectivity index (χ0) is 12.3. The van der Waals surface area contributed by atoms with Crippen LogP contribution in [0.5, 0.6) is 0 Å². The minimum atomic E-state index is -0.331. The Morgan fingerprint density at radius 3 is 2.76 bits per heavy atom. The summed E-state index contributed by atoms with van der Waals surface area (Å²) in [5.74, 6) is 0.329. The molecule has 2 unspecified atom stereocenters. The summed E-state index contributed by atoms with van der Waals surface area (Å²) in [6.07, 6.45) is 5.54. The average Bonchev–Trinajstić information content (AvgIpc) is 2.77. The lowest BCUT2D eigenvalue weighted by Crippen LogP contribution is -2.50. The summed E-state index contributed by atoms with van der Waals surface area (Å²) in [6, 6.07) is -0.137. The van der Waals surface area contributed by atoms with E-state index < -0.39 is 0 Å². The Morgan fingerprint density at radius 2 is 2.12 bits per heavy atom. The zero-order valence-corrected chi connectivity index (χ0v) is 10.1. The van der Waals surface area contributed by atoms with E-state index in [1.165, 1.54) is 6.42 Å². The van der Waals surface area contributed by atoms with Crippen LogP contribution < -0.4 is 16.4 Å². The van der Waals surface area contributed by atoms with Gasteiger partial charge < -0.3 is 16.4 Å². The van der Waals surface area contributed by atoms with Crippen LogP contribution in [0.25, 0.3) is 0 Å². The van der Waals surface area contributed by atoms with Crippen molar-refractivity contribution in [1.29, 1.82) is 0 Å². The largest absolute Gasteiger partial charge is 0.351 e. The van der Waals surface area contributed by atoms with Crippen molar-refractivity contribution in [1.82, 2.24) is 10.6 Å². The molecule has 5 nitrogen and oxygen atoms in total. The fourth-order valence-corrected chi connectivity index (χ4v) is 2.77. The minimum absolute atomic E-state index is 0.0239. The van der Waals surface area contributed by atoms with E-state index in [-0.39, 0.29) is 23.9 Å². The average molecular weight is 239 g/mol. The van der Waals surface area contributed by atoms with E-state index in [1.54, 1.807) is 0 Å². The van der Waals surface area contributed by atoms with Crippen molar-refractivity contribution in [3.63, 3.8) is 0 Å². The molecule has 2 amide bonds. The van der Waals surface area contributed by atoms with E-state index in [4.69, 9.17) is 5.73 Å². The van der Waals surface area contributed by atoms with Gasteiger partial charge in [0.1, 0.15) is 6.04 Å². The monoisotopic (exact) mass is 239 g/mol. The van der Waals surface area contributed by atoms with Crippen molar-refractivity contribution in [2.24, 2.45) is 11.7 Å². The summed E-state index contributed by atoms with van der Waals surface area (Å²) in [7, 11) is 0. The lowest BCUT2D eigenvalue weighted by Gasteiger charge is -2.32. The first-order valence-corrected chi connectivity index (χ1v) is 6.50. The molecule has 17 heavy (non-hydrogen) atoms. The van der Waals surface area contributed by atoms with Crippen molar-refractivity contribution < 1.29 is 9.59 Å². The predicted molar refractivity (Wildman–Crippen MR) is 64.1 cm³/mol. The highest BCUT2D eigenvalue weighted by Crippen LogP contribution is 2.23. The second kappa shape index (κ2) is 5.49. The van der Waals surface area contributed by atoms with Crippen LogP contribution in [0.2, 0.25) is 0 Å². The summed E-state index contributed by atoms with van der Waals surface area (Å²) < 4.78 is 0. The summed E-state index contributed by atoms with van der Waals surface area (Å²) in [4.78, 5) is 23.0. The van der Waals surface area contributed by atoms with Crippen molar-refractivity contribution in [3.8, 4) is 0 Å². The van der Waals surface area contributed by atoms with Gasteiger partial charge in [0, 0.05) is 12.5 Å². The molecule has 3 atom stereocenters. The molecule has 1 aliphatic carbocycles. The molecular formula is C12H21N3O2. The Morgan fingerprint density at radius 1 is 1.35 bits per heavy atom. The molecule has 2 fully saturated rings. The molecule has 2 rings (SSSR count). The highest BCUT2D eigenvalue weighted by atomic mass is 16.2. The molecule has 1 aliphatic heterocycles. The van der Waals surface area contributed by atoms with Gasteiger partial charge in [-0.1, -0.05) is 12.8 Å². The molecule has 0 aromatic carbocycles. The number of nitrogens with one attached hydrogen (secondary N) is 2. The van der Waals surface area contributed by atoms with Crippen molar-refractivity contribution in [3.05, 3.63) is 0 Å². The second-order valence-corrected chi connectivity index (χ2v) is 5.05. The smallest absolute Gasteiger partial charge is 0.242 e. The van der Waals surface area contributed by atoms with Gasteiger partial charge in [-0.25, -0.2) is 0 Å². The first-order chi connectivity index (χ1) is 8.20. The van der Waals surface area contributed by atoms with Gasteiger partial charge in [0.05, 0.1) is 0 Å². The van der Waals surface area contributed by atoms with E-state index in [0.717, 1.165) is 19.3 Å². The molecule has 1 saturated carbocycles. The number of carbonyl (C=O) groups is 2. The van der Waals surface area contributed by atoms with Gasteiger partial charge in [-0.3, -0.25) is 9.59 Å². The lowest BCUT2D eigenvalue weighted by molar-refractivity contribution is -0.126. The molecule has 2 aliphatic rings. The molecule has 96 valence electrons. The molecule has 0 aromatic heterocycles. The van der Waals surface area contributed by atoms with Gasteiger partial charge in [0.2, 0.25) is 11.8 Å². The van der Waals surface area contributed by atoms with Crippen LogP contribution >= 0.6 is 0 Å². The van der Waals surface area contributed by atoms with Gasteiger partial charge in [0.25, 0.3) is 0 Å². The van der Waals surface area contributed by atoms with E-state index in [9.17, 15) is 9.59 Å². The van der Waals surface area contributed by atoms with Gasteiger partial charge in [-0.05, 0) is 31.7 Å². The number of amides is 2. The van der Waals surface area contributed by atoms with Crippen LogP contribution in [0.4, 0.5) is 0 Å². The molecular weight excluding hydrogens is 218 g/mol. The molecule has 5 heteroatoms. The third-order valence-electron chi connectivity index (χ3n) is 3.85. The van der Waals surface area contributed by atoms with E-state index in [0.29, 0.717) is 25.3 Å². The number of nitrogens with two attached hydrogens (primary N) is 1. The highest BCUT2D eigenvalue weighted by Gasteiger charge is 2.31. The maximum atomic E-state index is 12.0. The fraction of sp³-hybridized carbons (Fsp3) is 0.833. The Labute approximate surface area is 102 Å². The molecule has 0 aromatic rings. The normalized spacial score (nSPS) is 33.2. The Hall–Kier alpha value is -1.10. The van der Waals surface area contributed by atoms with E-state index in [2.05, 4.69) is 10.6 Å². The van der Waals surface area contributed by atoms with Crippen LogP contribution in [-0.4, -0.2) is 30.4 Å². The molecule has 0 spiro atoms. The maximum Gasteiger partial charge on any atom is 0.242 e. The molecule has 4 N–H and O–H groups in total. The maximum absolute atomic E-state index is 12.0. The van der Waals surface area contributed by atoms with Crippen LogP contribution in [0.3, 0.4) is 0 Å². The number of carbonyl (C=O) groups excluding carboxylic acids is 2. The highest BCUT2D eigenvalue weighted by molar-refractivity contribution is 5.90. The number of hydrogen-bond acceptors (Lipinski definition) is 3. The first kappa shape index (κ1) is 12.4. The Bertz CT molecular complexity index is 306. The zero-order valence-electron chi connectivity index (χ0n) is 10.1. The van der Waals surface area contributed by atoms with Crippen molar-refractivity contribution >= 4 is 11.8 Å². The standard InChI is InChI=1S/C12H21N3O2/c13-7-8-3-1-2-4-9(8)15-12(17)10-5-6-11(16)14-10/h8-10H,1-7,13H2,(H,14,16)(H,15,17)/t8?,9?,10-/m0/s1. The number of hydrogen-bond donors (Lipinski definition) is 3. The van der Waals surface area contributed by atoms with Gasteiger partial charge in [-0.2, -0.15) is 0 Å². The van der Waals surface area contributed by atoms with Crippen LogP contribution in [-0.2, 0) is 9.59 Å². The van der Waals surface area contributed by atoms with Crippen molar-refractivity contribution in [2.45, 2.75) is 50.6 Å². The second-order valence-electron chi connectivity index (χ2n) is 5.05. The summed E-state index contributed by atoms with van der Waals surface area (Å²) in [5.41, 5.74) is 5.72. The molecule has 1 saturated heterocycles. The molecule has 0 bridgehead atoms. The topological polar surface area (TPSA) is 84.2 Å². The lowest BCUT2D eigenvalue weighted by atomic mass is 9.84. The Balaban J connectivity index is 1.86. The van der Waals surface area contributed by atoms with Crippen molar-refractivity contribution in [2.75, 3.05) is 6.54 Å². The SMILES string of the molecule is NCC1CCCCC1NC(=O)[C@@H]1CCC(=O)N1. The molecule has 0 radical (unpaired) electrons. The van der Waals surface area contributed by atoms with Gasteiger partial charge in [-0.15, -0.1) is 0 Å². The third-order valence-corrected chi connectivity index (χ3v) is 3.85. The predicted octanol–water partition coefficient (Wildman–Crippen LogP) is -0.101. The third kappa shape index (κ3) is 2.97. The van der Waals surface area contributed by atoms with E-state index in [1.807, 2.05) is 0 Å².